The fraction of sp³-hybridized carbons (Fsp3) is 0.357. The monoisotopic (exact) mass is 228 g/mol. The predicted octanol–water partition coefficient (Wildman–Crippen LogP) is 2.50. The number of rotatable bonds is 2. The van der Waals surface area contributed by atoms with Gasteiger partial charge in [0.15, 0.2) is 0 Å². The van der Waals surface area contributed by atoms with Gasteiger partial charge in [-0.25, -0.2) is 0 Å². The van der Waals surface area contributed by atoms with Gasteiger partial charge in [0.2, 0.25) is 0 Å². The molecular weight excluding hydrogens is 212 g/mol. The van der Waals surface area contributed by atoms with E-state index in [4.69, 9.17) is 0 Å². The number of aromatic nitrogens is 1. The Kier molecular flexibility index (Phi) is 2.05. The Morgan fingerprint density at radius 2 is 2.00 bits per heavy atom. The van der Waals surface area contributed by atoms with Crippen molar-refractivity contribution >= 4 is 16.6 Å². The number of aryl methyl sites for hydroxylation is 1. The van der Waals surface area contributed by atoms with E-state index < -0.39 is 0 Å². The zero-order valence-electron chi connectivity index (χ0n) is 10.2. The molecule has 2 aromatic rings. The van der Waals surface area contributed by atoms with Gasteiger partial charge in [0, 0.05) is 29.7 Å². The van der Waals surface area contributed by atoms with Crippen molar-refractivity contribution in [1.29, 1.82) is 0 Å². The zero-order valence-corrected chi connectivity index (χ0v) is 10.2. The first kappa shape index (κ1) is 10.4. The minimum absolute atomic E-state index is 0.0375. The first-order chi connectivity index (χ1) is 8.09. The Bertz CT molecular complexity index is 638. The number of pyridine rings is 1. The maximum Gasteiger partial charge on any atom is 0.252 e. The van der Waals surface area contributed by atoms with Crippen LogP contribution in [0.5, 0.6) is 0 Å². The number of anilines is 1. The van der Waals surface area contributed by atoms with Gasteiger partial charge in [-0.2, -0.15) is 0 Å². The SMILES string of the molecule is Cn1c(=O)cc(NC2(C)CC2)c2ccccc21. The van der Waals surface area contributed by atoms with Gasteiger partial charge in [0.05, 0.1) is 5.52 Å². The highest BCUT2D eigenvalue weighted by atomic mass is 16.1. The molecule has 1 aliphatic rings. The number of nitrogens with one attached hydrogen (secondary N) is 1. The topological polar surface area (TPSA) is 34.0 Å². The fourth-order valence-corrected chi connectivity index (χ4v) is 2.15. The molecule has 1 aromatic carbocycles. The van der Waals surface area contributed by atoms with Crippen LogP contribution in [0.3, 0.4) is 0 Å². The molecule has 0 bridgehead atoms. The lowest BCUT2D eigenvalue weighted by atomic mass is 10.1. The normalized spacial score (nSPS) is 17.1. The van der Waals surface area contributed by atoms with Crippen LogP contribution < -0.4 is 10.9 Å². The highest BCUT2D eigenvalue weighted by molar-refractivity contribution is 5.91. The Balaban J connectivity index is 2.23. The van der Waals surface area contributed by atoms with Gasteiger partial charge in [-0.15, -0.1) is 0 Å². The summed E-state index contributed by atoms with van der Waals surface area (Å²) in [7, 11) is 1.81. The number of para-hydroxylation sites is 1. The summed E-state index contributed by atoms with van der Waals surface area (Å²) >= 11 is 0. The molecule has 0 saturated heterocycles. The van der Waals surface area contributed by atoms with Crippen LogP contribution in [0.1, 0.15) is 19.8 Å². The molecule has 3 heteroatoms. The van der Waals surface area contributed by atoms with Gasteiger partial charge in [-0.1, -0.05) is 18.2 Å². The largest absolute Gasteiger partial charge is 0.379 e. The lowest BCUT2D eigenvalue weighted by Gasteiger charge is -2.16. The molecule has 1 heterocycles. The lowest BCUT2D eigenvalue weighted by molar-refractivity contribution is 0.827. The average molecular weight is 228 g/mol. The molecule has 0 spiro atoms. The van der Waals surface area contributed by atoms with Crippen LogP contribution in [0.25, 0.3) is 10.9 Å². The van der Waals surface area contributed by atoms with Gasteiger partial charge in [0.25, 0.3) is 5.56 Å². The second-order valence-electron chi connectivity index (χ2n) is 5.16. The van der Waals surface area contributed by atoms with Gasteiger partial charge in [-0.3, -0.25) is 4.79 Å². The number of fused-ring (bicyclic) bond motifs is 1. The van der Waals surface area contributed by atoms with Crippen LogP contribution in [0.2, 0.25) is 0 Å². The Morgan fingerprint density at radius 1 is 1.29 bits per heavy atom. The van der Waals surface area contributed by atoms with Crippen LogP contribution in [-0.4, -0.2) is 10.1 Å². The van der Waals surface area contributed by atoms with E-state index in [9.17, 15) is 4.79 Å². The molecule has 1 saturated carbocycles. The molecule has 17 heavy (non-hydrogen) atoms. The standard InChI is InChI=1S/C14H16N2O/c1-14(7-8-14)15-11-9-13(17)16(2)12-6-4-3-5-10(11)12/h3-6,9,15H,7-8H2,1-2H3. The smallest absolute Gasteiger partial charge is 0.252 e. The molecule has 0 aliphatic heterocycles. The van der Waals surface area contributed by atoms with Crippen molar-refractivity contribution in [3.05, 3.63) is 40.7 Å². The molecule has 0 radical (unpaired) electrons. The first-order valence-electron chi connectivity index (χ1n) is 5.96. The second kappa shape index (κ2) is 3.36. The number of hydrogen-bond donors (Lipinski definition) is 1. The number of hydrogen-bond acceptors (Lipinski definition) is 2. The molecule has 1 N–H and O–H groups in total. The Morgan fingerprint density at radius 3 is 2.71 bits per heavy atom. The van der Waals surface area contributed by atoms with Crippen molar-refractivity contribution in [1.82, 2.24) is 4.57 Å². The van der Waals surface area contributed by atoms with Gasteiger partial charge < -0.3 is 9.88 Å². The molecule has 3 rings (SSSR count). The van der Waals surface area contributed by atoms with E-state index in [1.165, 1.54) is 12.8 Å². The summed E-state index contributed by atoms with van der Waals surface area (Å²) in [5.74, 6) is 0. The van der Waals surface area contributed by atoms with E-state index in [2.05, 4.69) is 18.3 Å². The highest BCUT2D eigenvalue weighted by Crippen LogP contribution is 2.39. The summed E-state index contributed by atoms with van der Waals surface area (Å²) in [5.41, 5.74) is 2.17. The van der Waals surface area contributed by atoms with E-state index in [0.717, 1.165) is 16.6 Å². The minimum Gasteiger partial charge on any atom is -0.379 e. The van der Waals surface area contributed by atoms with E-state index in [0.29, 0.717) is 0 Å². The van der Waals surface area contributed by atoms with E-state index in [-0.39, 0.29) is 11.1 Å². The highest BCUT2D eigenvalue weighted by Gasteiger charge is 2.37. The molecule has 0 amide bonds. The Labute approximate surface area is 100 Å². The van der Waals surface area contributed by atoms with Crippen LogP contribution in [0.15, 0.2) is 35.1 Å². The summed E-state index contributed by atoms with van der Waals surface area (Å²) in [4.78, 5) is 11.9. The third-order valence-corrected chi connectivity index (χ3v) is 3.59. The fourth-order valence-electron chi connectivity index (χ4n) is 2.15. The van der Waals surface area contributed by atoms with Crippen LogP contribution in [0, 0.1) is 0 Å². The number of benzene rings is 1. The third-order valence-electron chi connectivity index (χ3n) is 3.59. The van der Waals surface area contributed by atoms with Gasteiger partial charge >= 0.3 is 0 Å². The summed E-state index contributed by atoms with van der Waals surface area (Å²) in [6.45, 7) is 2.19. The predicted molar refractivity (Wildman–Crippen MR) is 70.5 cm³/mol. The Hall–Kier alpha value is -1.77. The van der Waals surface area contributed by atoms with E-state index in [1.807, 2.05) is 25.2 Å². The maximum atomic E-state index is 11.9. The maximum absolute atomic E-state index is 11.9. The summed E-state index contributed by atoms with van der Waals surface area (Å²) in [5, 5.41) is 4.60. The van der Waals surface area contributed by atoms with Crippen molar-refractivity contribution in [2.45, 2.75) is 25.3 Å². The molecule has 1 fully saturated rings. The second-order valence-corrected chi connectivity index (χ2v) is 5.16. The van der Waals surface area contributed by atoms with Crippen molar-refractivity contribution in [3.8, 4) is 0 Å². The quantitative estimate of drug-likeness (QED) is 0.857. The van der Waals surface area contributed by atoms with Crippen molar-refractivity contribution in [2.75, 3.05) is 5.32 Å². The van der Waals surface area contributed by atoms with E-state index >= 15 is 0 Å². The molecular formula is C14H16N2O. The third kappa shape index (κ3) is 1.71. The van der Waals surface area contributed by atoms with Crippen molar-refractivity contribution in [3.63, 3.8) is 0 Å². The molecule has 1 aliphatic carbocycles. The summed E-state index contributed by atoms with van der Waals surface area (Å²) in [6.07, 6.45) is 2.35. The van der Waals surface area contributed by atoms with Gasteiger partial charge in [0.1, 0.15) is 0 Å². The molecule has 88 valence electrons. The molecule has 0 atom stereocenters. The van der Waals surface area contributed by atoms with Crippen LogP contribution >= 0.6 is 0 Å². The average Bonchev–Trinajstić information content (AvgIpc) is 3.04. The number of nitrogens with zero attached hydrogens (tertiary/aromatic N) is 1. The molecule has 3 nitrogen and oxygen atoms in total. The van der Waals surface area contributed by atoms with Crippen LogP contribution in [-0.2, 0) is 7.05 Å². The van der Waals surface area contributed by atoms with Crippen molar-refractivity contribution in [2.24, 2.45) is 7.05 Å². The zero-order chi connectivity index (χ0) is 12.0. The molecule has 1 aromatic heterocycles. The molecule has 0 unspecified atom stereocenters. The summed E-state index contributed by atoms with van der Waals surface area (Å²) < 4.78 is 1.69. The summed E-state index contributed by atoms with van der Waals surface area (Å²) in [6, 6.07) is 9.71. The van der Waals surface area contributed by atoms with Gasteiger partial charge in [-0.05, 0) is 25.8 Å². The minimum atomic E-state index is 0.0375. The first-order valence-corrected chi connectivity index (χ1v) is 5.96. The van der Waals surface area contributed by atoms with Crippen molar-refractivity contribution < 1.29 is 0 Å². The lowest BCUT2D eigenvalue weighted by Crippen LogP contribution is -2.21. The van der Waals surface area contributed by atoms with Crippen LogP contribution in [0.4, 0.5) is 5.69 Å². The van der Waals surface area contributed by atoms with E-state index in [1.54, 1.807) is 10.6 Å².